The van der Waals surface area contributed by atoms with Gasteiger partial charge in [0.05, 0.1) is 6.10 Å². The molecular formula is C12H14F3NO3. The van der Waals surface area contributed by atoms with Crippen molar-refractivity contribution in [2.75, 3.05) is 13.2 Å². The summed E-state index contributed by atoms with van der Waals surface area (Å²) in [5.41, 5.74) is 5.31. The molecule has 4 nitrogen and oxygen atoms in total. The number of benzene rings is 1. The van der Waals surface area contributed by atoms with Crippen molar-refractivity contribution in [3.05, 3.63) is 23.8 Å². The summed E-state index contributed by atoms with van der Waals surface area (Å²) in [5, 5.41) is 9.78. The fourth-order valence-electron chi connectivity index (χ4n) is 1.78. The monoisotopic (exact) mass is 277 g/mol. The molecule has 0 bridgehead atoms. The van der Waals surface area contributed by atoms with Gasteiger partial charge in [-0.15, -0.1) is 0 Å². The molecule has 2 unspecified atom stereocenters. The van der Waals surface area contributed by atoms with E-state index in [0.29, 0.717) is 30.3 Å². The van der Waals surface area contributed by atoms with Crippen LogP contribution in [0.1, 0.15) is 18.1 Å². The van der Waals surface area contributed by atoms with Crippen molar-refractivity contribution in [2.24, 2.45) is 5.73 Å². The average Bonchev–Trinajstić information content (AvgIpc) is 2.37. The van der Waals surface area contributed by atoms with E-state index < -0.39 is 24.7 Å². The average molecular weight is 277 g/mol. The van der Waals surface area contributed by atoms with Crippen LogP contribution in [0.15, 0.2) is 18.2 Å². The van der Waals surface area contributed by atoms with Gasteiger partial charge in [0.15, 0.2) is 11.5 Å². The van der Waals surface area contributed by atoms with Crippen molar-refractivity contribution < 1.29 is 27.8 Å². The van der Waals surface area contributed by atoms with Gasteiger partial charge < -0.3 is 20.3 Å². The number of fused-ring (bicyclic) bond motifs is 1. The Labute approximate surface area is 107 Å². The van der Waals surface area contributed by atoms with Gasteiger partial charge in [-0.3, -0.25) is 0 Å². The lowest BCUT2D eigenvalue weighted by Gasteiger charge is -2.22. The van der Waals surface area contributed by atoms with Crippen molar-refractivity contribution in [1.82, 2.24) is 0 Å². The molecule has 0 radical (unpaired) electrons. The Morgan fingerprint density at radius 1 is 1.21 bits per heavy atom. The van der Waals surface area contributed by atoms with Gasteiger partial charge in [0.2, 0.25) is 0 Å². The predicted molar refractivity (Wildman–Crippen MR) is 61.0 cm³/mol. The first-order valence-electron chi connectivity index (χ1n) is 5.78. The van der Waals surface area contributed by atoms with Crippen molar-refractivity contribution in [3.63, 3.8) is 0 Å². The second kappa shape index (κ2) is 5.26. The Morgan fingerprint density at radius 2 is 1.84 bits per heavy atom. The van der Waals surface area contributed by atoms with Crippen LogP contribution in [-0.4, -0.2) is 30.5 Å². The summed E-state index contributed by atoms with van der Waals surface area (Å²) in [4.78, 5) is 0. The van der Waals surface area contributed by atoms with Crippen molar-refractivity contribution >= 4 is 0 Å². The zero-order valence-corrected chi connectivity index (χ0v) is 9.98. The number of alkyl halides is 3. The lowest BCUT2D eigenvalue weighted by molar-refractivity contribution is -0.153. The summed E-state index contributed by atoms with van der Waals surface area (Å²) in [7, 11) is 0. The fraction of sp³-hybridized carbons (Fsp3) is 0.500. The SMILES string of the molecule is NC(CC(O)c1ccc2c(c1)OCCO2)C(F)(F)F. The summed E-state index contributed by atoms with van der Waals surface area (Å²) < 4.78 is 47.5. The number of rotatable bonds is 3. The first kappa shape index (κ1) is 14.0. The highest BCUT2D eigenvalue weighted by Gasteiger charge is 2.38. The van der Waals surface area contributed by atoms with E-state index in [-0.39, 0.29) is 0 Å². The lowest BCUT2D eigenvalue weighted by atomic mass is 10.0. The van der Waals surface area contributed by atoms with Crippen molar-refractivity contribution in [2.45, 2.75) is 24.7 Å². The first-order valence-corrected chi connectivity index (χ1v) is 5.78. The molecule has 0 saturated carbocycles. The molecule has 0 amide bonds. The molecule has 2 rings (SSSR count). The smallest absolute Gasteiger partial charge is 0.403 e. The van der Waals surface area contributed by atoms with Gasteiger partial charge in [0.25, 0.3) is 0 Å². The second-order valence-corrected chi connectivity index (χ2v) is 4.30. The Bertz CT molecular complexity index is 450. The number of hydrogen-bond donors (Lipinski definition) is 2. The minimum atomic E-state index is -4.52. The summed E-state index contributed by atoms with van der Waals surface area (Å²) in [6.45, 7) is 0.794. The normalized spacial score (nSPS) is 17.9. The molecule has 1 heterocycles. The number of hydrogen-bond acceptors (Lipinski definition) is 4. The van der Waals surface area contributed by atoms with E-state index in [2.05, 4.69) is 0 Å². The van der Waals surface area contributed by atoms with Crippen LogP contribution in [0.4, 0.5) is 13.2 Å². The molecule has 106 valence electrons. The molecule has 19 heavy (non-hydrogen) atoms. The molecule has 1 aliphatic rings. The van der Waals surface area contributed by atoms with Gasteiger partial charge in [-0.05, 0) is 17.7 Å². The van der Waals surface area contributed by atoms with Gasteiger partial charge in [-0.2, -0.15) is 13.2 Å². The standard InChI is InChI=1S/C12H14F3NO3/c13-12(14,15)11(16)6-8(17)7-1-2-9-10(5-7)19-4-3-18-9/h1-2,5,8,11,17H,3-4,6,16H2. The van der Waals surface area contributed by atoms with Gasteiger partial charge in [0.1, 0.15) is 19.3 Å². The minimum absolute atomic E-state index is 0.323. The Kier molecular flexibility index (Phi) is 3.86. The Hall–Kier alpha value is -1.47. The quantitative estimate of drug-likeness (QED) is 0.883. The van der Waals surface area contributed by atoms with Crippen LogP contribution in [0.5, 0.6) is 11.5 Å². The van der Waals surface area contributed by atoms with Crippen LogP contribution < -0.4 is 15.2 Å². The number of aliphatic hydroxyl groups is 1. The van der Waals surface area contributed by atoms with Gasteiger partial charge >= 0.3 is 6.18 Å². The molecule has 7 heteroatoms. The molecule has 0 fully saturated rings. The molecule has 3 N–H and O–H groups in total. The summed E-state index contributed by atoms with van der Waals surface area (Å²) in [5.74, 6) is 0.936. The highest BCUT2D eigenvalue weighted by molar-refractivity contribution is 5.44. The topological polar surface area (TPSA) is 64.7 Å². The van der Waals surface area contributed by atoms with Gasteiger partial charge in [-0.1, -0.05) is 6.07 Å². The van der Waals surface area contributed by atoms with E-state index in [4.69, 9.17) is 15.2 Å². The molecule has 0 spiro atoms. The van der Waals surface area contributed by atoms with Crippen LogP contribution in [-0.2, 0) is 0 Å². The third-order valence-electron chi connectivity index (χ3n) is 2.85. The summed E-state index contributed by atoms with van der Waals surface area (Å²) in [6, 6.07) is 2.48. The van der Waals surface area contributed by atoms with E-state index in [1.165, 1.54) is 12.1 Å². The fourth-order valence-corrected chi connectivity index (χ4v) is 1.78. The third kappa shape index (κ3) is 3.30. The van der Waals surface area contributed by atoms with Crippen LogP contribution in [0, 0.1) is 0 Å². The number of ether oxygens (including phenoxy) is 2. The van der Waals surface area contributed by atoms with E-state index in [0.717, 1.165) is 0 Å². The Morgan fingerprint density at radius 3 is 2.47 bits per heavy atom. The van der Waals surface area contributed by atoms with E-state index in [9.17, 15) is 18.3 Å². The molecule has 0 saturated heterocycles. The molecule has 1 aromatic carbocycles. The number of halogens is 3. The molecule has 1 aliphatic heterocycles. The highest BCUT2D eigenvalue weighted by atomic mass is 19.4. The van der Waals surface area contributed by atoms with Crippen molar-refractivity contribution in [1.29, 1.82) is 0 Å². The van der Waals surface area contributed by atoms with Crippen LogP contribution in [0.25, 0.3) is 0 Å². The zero-order valence-electron chi connectivity index (χ0n) is 9.98. The van der Waals surface area contributed by atoms with E-state index in [1.54, 1.807) is 6.07 Å². The van der Waals surface area contributed by atoms with E-state index >= 15 is 0 Å². The van der Waals surface area contributed by atoms with E-state index in [1.807, 2.05) is 0 Å². The summed E-state index contributed by atoms with van der Waals surface area (Å²) >= 11 is 0. The van der Waals surface area contributed by atoms with Crippen LogP contribution in [0.2, 0.25) is 0 Å². The zero-order chi connectivity index (χ0) is 14.0. The minimum Gasteiger partial charge on any atom is -0.486 e. The second-order valence-electron chi connectivity index (χ2n) is 4.30. The third-order valence-corrected chi connectivity index (χ3v) is 2.85. The molecule has 2 atom stereocenters. The summed E-state index contributed by atoms with van der Waals surface area (Å²) in [6.07, 6.45) is -6.41. The first-order chi connectivity index (χ1) is 8.88. The molecule has 1 aromatic rings. The maximum atomic E-state index is 12.3. The largest absolute Gasteiger partial charge is 0.486 e. The maximum Gasteiger partial charge on any atom is 0.403 e. The maximum absolute atomic E-state index is 12.3. The van der Waals surface area contributed by atoms with Crippen LogP contribution >= 0.6 is 0 Å². The van der Waals surface area contributed by atoms with Crippen molar-refractivity contribution in [3.8, 4) is 11.5 Å². The molecule has 0 aliphatic carbocycles. The van der Waals surface area contributed by atoms with Gasteiger partial charge in [0, 0.05) is 6.42 Å². The molecular weight excluding hydrogens is 263 g/mol. The Balaban J connectivity index is 2.09. The van der Waals surface area contributed by atoms with Gasteiger partial charge in [-0.25, -0.2) is 0 Å². The lowest BCUT2D eigenvalue weighted by Crippen LogP contribution is -2.38. The number of nitrogens with two attached hydrogens (primary N) is 1. The van der Waals surface area contributed by atoms with Crippen LogP contribution in [0.3, 0.4) is 0 Å². The number of aliphatic hydroxyl groups excluding tert-OH is 1. The highest BCUT2D eigenvalue weighted by Crippen LogP contribution is 2.34. The predicted octanol–water partition coefficient (Wildman–Crippen LogP) is 1.77. The molecule has 0 aromatic heterocycles.